The SMILES string of the molecule is O=c1ccn([C@@H]2O[C@H](CO)[C@@H](O)[C@]2(O)[C@H]2O[C@@H](CO)[C@H](O)[C@H]2OCF)c(=O)[nH]1. The Labute approximate surface area is 156 Å². The van der Waals surface area contributed by atoms with Crippen molar-refractivity contribution < 1.29 is 44.1 Å². The molecule has 158 valence electrons. The largest absolute Gasteiger partial charge is 0.394 e. The van der Waals surface area contributed by atoms with Gasteiger partial charge >= 0.3 is 5.69 Å². The second kappa shape index (κ2) is 7.96. The van der Waals surface area contributed by atoms with Gasteiger partial charge in [0.25, 0.3) is 5.56 Å². The maximum absolute atomic E-state index is 12.8. The van der Waals surface area contributed by atoms with Gasteiger partial charge in [-0.15, -0.1) is 0 Å². The minimum atomic E-state index is -2.53. The summed E-state index contributed by atoms with van der Waals surface area (Å²) < 4.78 is 29.2. The van der Waals surface area contributed by atoms with Crippen molar-refractivity contribution in [2.24, 2.45) is 0 Å². The summed E-state index contributed by atoms with van der Waals surface area (Å²) in [6, 6.07) is 0.959. The Hall–Kier alpha value is -1.71. The number of nitrogens with zero attached hydrogens (tertiary/aromatic N) is 1. The van der Waals surface area contributed by atoms with Gasteiger partial charge in [-0.3, -0.25) is 14.3 Å². The molecule has 1 aromatic heterocycles. The Kier molecular flexibility index (Phi) is 5.97. The summed E-state index contributed by atoms with van der Waals surface area (Å²) >= 11 is 0. The summed E-state index contributed by atoms with van der Waals surface area (Å²) in [6.45, 7) is -2.84. The van der Waals surface area contributed by atoms with Gasteiger partial charge in [0, 0.05) is 12.3 Å². The third-order valence-electron chi connectivity index (χ3n) is 5.04. The fraction of sp³-hybridized carbons (Fsp3) is 0.733. The van der Waals surface area contributed by atoms with Crippen LogP contribution in [-0.4, -0.2) is 97.4 Å². The molecule has 2 aliphatic heterocycles. The molecule has 2 aliphatic rings. The van der Waals surface area contributed by atoms with Crippen molar-refractivity contribution in [1.29, 1.82) is 0 Å². The summed E-state index contributed by atoms with van der Waals surface area (Å²) in [5.74, 6) is 0. The number of nitrogens with one attached hydrogen (secondary N) is 1. The van der Waals surface area contributed by atoms with Crippen LogP contribution in [0.1, 0.15) is 6.23 Å². The number of aliphatic hydroxyl groups excluding tert-OH is 4. The van der Waals surface area contributed by atoms with Gasteiger partial charge < -0.3 is 39.7 Å². The first-order chi connectivity index (χ1) is 13.3. The Morgan fingerprint density at radius 2 is 1.89 bits per heavy atom. The quantitative estimate of drug-likeness (QED) is 0.271. The molecule has 6 N–H and O–H groups in total. The molecule has 0 saturated carbocycles. The first kappa shape index (κ1) is 21.0. The van der Waals surface area contributed by atoms with Crippen LogP contribution in [0.4, 0.5) is 4.39 Å². The van der Waals surface area contributed by atoms with E-state index in [-0.39, 0.29) is 0 Å². The molecule has 12 nitrogen and oxygen atoms in total. The molecule has 0 aliphatic carbocycles. The highest BCUT2D eigenvalue weighted by Crippen LogP contribution is 2.45. The number of halogens is 1. The van der Waals surface area contributed by atoms with Crippen LogP contribution in [0.15, 0.2) is 21.9 Å². The predicted molar refractivity (Wildman–Crippen MR) is 85.9 cm³/mol. The topological polar surface area (TPSA) is 184 Å². The van der Waals surface area contributed by atoms with E-state index in [0.717, 1.165) is 16.8 Å². The molecule has 8 atom stereocenters. The number of H-pyrrole nitrogens is 1. The van der Waals surface area contributed by atoms with E-state index in [1.807, 2.05) is 4.98 Å². The molecule has 28 heavy (non-hydrogen) atoms. The van der Waals surface area contributed by atoms with E-state index in [1.165, 1.54) is 0 Å². The van der Waals surface area contributed by atoms with Crippen LogP contribution in [0.3, 0.4) is 0 Å². The van der Waals surface area contributed by atoms with Gasteiger partial charge in [-0.1, -0.05) is 0 Å². The molecule has 0 unspecified atom stereocenters. The lowest BCUT2D eigenvalue weighted by Crippen LogP contribution is -2.60. The Morgan fingerprint density at radius 3 is 2.46 bits per heavy atom. The summed E-state index contributed by atoms with van der Waals surface area (Å²) in [6.07, 6.45) is -10.0. The van der Waals surface area contributed by atoms with Crippen LogP contribution in [0.25, 0.3) is 0 Å². The standard InChI is InChI=1S/C15H21FN2O10/c16-5-26-10-9(22)6(3-19)27-12(10)15(25)11(23)7(4-20)28-13(15)18-2-1-8(21)17-14(18)24/h1-2,6-7,9-13,19-20,22-23,25H,3-5H2,(H,17,21,24)/t6-,7+,9-,10+,11+,12-,13+,15-/m0/s1. The van der Waals surface area contributed by atoms with Crippen LogP contribution >= 0.6 is 0 Å². The molecule has 0 spiro atoms. The van der Waals surface area contributed by atoms with Gasteiger partial charge in [-0.05, 0) is 0 Å². The zero-order valence-electron chi connectivity index (χ0n) is 14.4. The molecule has 0 bridgehead atoms. The average Bonchev–Trinajstić information content (AvgIpc) is 3.12. The minimum Gasteiger partial charge on any atom is -0.394 e. The highest BCUT2D eigenvalue weighted by atomic mass is 19.1. The zero-order valence-corrected chi connectivity index (χ0v) is 14.4. The fourth-order valence-corrected chi connectivity index (χ4v) is 3.66. The third-order valence-corrected chi connectivity index (χ3v) is 5.04. The van der Waals surface area contributed by atoms with Gasteiger partial charge in [0.15, 0.2) is 18.7 Å². The van der Waals surface area contributed by atoms with E-state index >= 15 is 0 Å². The molecule has 2 saturated heterocycles. The summed E-state index contributed by atoms with van der Waals surface area (Å²) in [7, 11) is 0. The van der Waals surface area contributed by atoms with E-state index in [2.05, 4.69) is 0 Å². The number of hydrogen-bond acceptors (Lipinski definition) is 10. The summed E-state index contributed by atoms with van der Waals surface area (Å²) in [4.78, 5) is 25.4. The Morgan fingerprint density at radius 1 is 1.21 bits per heavy atom. The first-order valence-corrected chi connectivity index (χ1v) is 8.39. The normalized spacial score (nSPS) is 40.9. The molecule has 0 aromatic carbocycles. The van der Waals surface area contributed by atoms with Gasteiger partial charge in [0.05, 0.1) is 13.2 Å². The molecular weight excluding hydrogens is 387 g/mol. The predicted octanol–water partition coefficient (Wildman–Crippen LogP) is -4.05. The smallest absolute Gasteiger partial charge is 0.330 e. The molecule has 2 fully saturated rings. The first-order valence-electron chi connectivity index (χ1n) is 8.39. The number of aromatic nitrogens is 2. The van der Waals surface area contributed by atoms with Crippen LogP contribution in [-0.2, 0) is 14.2 Å². The molecule has 3 heterocycles. The number of alkyl halides is 1. The number of ether oxygens (including phenoxy) is 3. The van der Waals surface area contributed by atoms with Crippen molar-refractivity contribution in [3.8, 4) is 0 Å². The van der Waals surface area contributed by atoms with E-state index in [0.29, 0.717) is 0 Å². The van der Waals surface area contributed by atoms with Gasteiger partial charge in [0.2, 0.25) is 0 Å². The van der Waals surface area contributed by atoms with Crippen molar-refractivity contribution in [2.45, 2.75) is 48.5 Å². The minimum absolute atomic E-state index is 0.705. The van der Waals surface area contributed by atoms with E-state index in [1.54, 1.807) is 0 Å². The van der Waals surface area contributed by atoms with Crippen LogP contribution in [0.5, 0.6) is 0 Å². The van der Waals surface area contributed by atoms with Crippen molar-refractivity contribution in [2.75, 3.05) is 20.1 Å². The second-order valence-corrected chi connectivity index (χ2v) is 6.57. The van der Waals surface area contributed by atoms with Crippen LogP contribution < -0.4 is 11.2 Å². The lowest BCUT2D eigenvalue weighted by atomic mass is 9.84. The summed E-state index contributed by atoms with van der Waals surface area (Å²) in [5, 5.41) is 50.9. The molecule has 13 heteroatoms. The zero-order chi connectivity index (χ0) is 20.6. The van der Waals surface area contributed by atoms with E-state index in [4.69, 9.17) is 14.2 Å². The van der Waals surface area contributed by atoms with E-state index < -0.39 is 79.8 Å². The fourth-order valence-electron chi connectivity index (χ4n) is 3.66. The highest BCUT2D eigenvalue weighted by Gasteiger charge is 2.66. The monoisotopic (exact) mass is 408 g/mol. The Balaban J connectivity index is 2.09. The Bertz CT molecular complexity index is 802. The van der Waals surface area contributed by atoms with Gasteiger partial charge in [-0.2, -0.15) is 0 Å². The number of aliphatic hydroxyl groups is 5. The molecule has 0 amide bonds. The van der Waals surface area contributed by atoms with Crippen LogP contribution in [0, 0.1) is 0 Å². The second-order valence-electron chi connectivity index (χ2n) is 6.57. The summed E-state index contributed by atoms with van der Waals surface area (Å²) in [5.41, 5.74) is -4.25. The number of aromatic amines is 1. The molecular formula is C15H21FN2O10. The van der Waals surface area contributed by atoms with Crippen LogP contribution in [0.2, 0.25) is 0 Å². The van der Waals surface area contributed by atoms with Gasteiger partial charge in [0.1, 0.15) is 36.6 Å². The van der Waals surface area contributed by atoms with Crippen molar-refractivity contribution in [3.63, 3.8) is 0 Å². The molecule has 1 aromatic rings. The lowest BCUT2D eigenvalue weighted by Gasteiger charge is -2.38. The lowest BCUT2D eigenvalue weighted by molar-refractivity contribution is -0.210. The van der Waals surface area contributed by atoms with Crippen molar-refractivity contribution in [3.05, 3.63) is 33.1 Å². The average molecular weight is 408 g/mol. The van der Waals surface area contributed by atoms with Gasteiger partial charge in [-0.25, -0.2) is 9.18 Å². The number of rotatable bonds is 6. The maximum atomic E-state index is 12.8. The molecule has 0 radical (unpaired) electrons. The third kappa shape index (κ3) is 3.19. The maximum Gasteiger partial charge on any atom is 0.330 e. The van der Waals surface area contributed by atoms with Crippen molar-refractivity contribution >= 4 is 0 Å². The molecule has 3 rings (SSSR count). The highest BCUT2D eigenvalue weighted by molar-refractivity contribution is 5.13. The van der Waals surface area contributed by atoms with E-state index in [9.17, 15) is 39.5 Å². The van der Waals surface area contributed by atoms with Crippen molar-refractivity contribution in [1.82, 2.24) is 9.55 Å². The number of hydrogen-bond donors (Lipinski definition) is 6.